The van der Waals surface area contributed by atoms with E-state index in [0.29, 0.717) is 22.1 Å². The van der Waals surface area contributed by atoms with Gasteiger partial charge in [0.05, 0.1) is 34.3 Å². The van der Waals surface area contributed by atoms with Crippen molar-refractivity contribution in [1.29, 1.82) is 0 Å². The van der Waals surface area contributed by atoms with Gasteiger partial charge in [0, 0.05) is 18.0 Å². The third-order valence-electron chi connectivity index (χ3n) is 2.82. The van der Waals surface area contributed by atoms with E-state index in [1.807, 2.05) is 19.1 Å². The molecule has 0 bridgehead atoms. The first-order chi connectivity index (χ1) is 9.11. The lowest BCUT2D eigenvalue weighted by Gasteiger charge is -2.09. The monoisotopic (exact) mass is 276 g/mol. The fraction of sp³-hybridized carbons (Fsp3) is 0.214. The zero-order valence-electron chi connectivity index (χ0n) is 10.9. The quantitative estimate of drug-likeness (QED) is 0.870. The second-order valence-corrected chi connectivity index (χ2v) is 5.59. The molecule has 1 aromatic heterocycles. The number of nitrogen functional groups attached to an aromatic ring is 1. The summed E-state index contributed by atoms with van der Waals surface area (Å²) in [6.45, 7) is 1.96. The second kappa shape index (κ2) is 5.84. The zero-order chi connectivity index (χ0) is 13.8. The number of aromatic nitrogens is 1. The van der Waals surface area contributed by atoms with Crippen molar-refractivity contribution in [3.8, 4) is 5.75 Å². The van der Waals surface area contributed by atoms with Crippen LogP contribution < -0.4 is 10.5 Å². The van der Waals surface area contributed by atoms with Gasteiger partial charge in [-0.05, 0) is 30.7 Å². The molecule has 2 aromatic rings. The standard InChI is InChI=1S/C14H16N2O2S/c1-10-4-3-7-16-12(10)9-19(17)14-6-5-11(15)8-13(14)18-2/h3-8H,9,15H2,1-2H3. The number of benzene rings is 1. The molecule has 2 rings (SSSR count). The Morgan fingerprint density at radius 2 is 2.16 bits per heavy atom. The van der Waals surface area contributed by atoms with Gasteiger partial charge in [-0.1, -0.05) is 6.07 Å². The van der Waals surface area contributed by atoms with Crippen molar-refractivity contribution < 1.29 is 8.95 Å². The second-order valence-electron chi connectivity index (χ2n) is 4.17. The van der Waals surface area contributed by atoms with E-state index < -0.39 is 10.8 Å². The molecule has 0 aliphatic rings. The van der Waals surface area contributed by atoms with E-state index in [2.05, 4.69) is 4.98 Å². The predicted molar refractivity (Wildman–Crippen MR) is 76.5 cm³/mol. The summed E-state index contributed by atoms with van der Waals surface area (Å²) in [7, 11) is 0.336. The molecule has 2 N–H and O–H groups in total. The molecule has 0 amide bonds. The Morgan fingerprint density at radius 1 is 1.37 bits per heavy atom. The van der Waals surface area contributed by atoms with Crippen molar-refractivity contribution in [2.45, 2.75) is 17.6 Å². The van der Waals surface area contributed by atoms with Crippen molar-refractivity contribution in [2.75, 3.05) is 12.8 Å². The molecule has 1 atom stereocenters. The number of ether oxygens (including phenoxy) is 1. The Balaban J connectivity index is 2.28. The van der Waals surface area contributed by atoms with Gasteiger partial charge in [-0.25, -0.2) is 0 Å². The number of nitrogens with zero attached hydrogens (tertiary/aromatic N) is 1. The fourth-order valence-corrected chi connectivity index (χ4v) is 3.04. The van der Waals surface area contributed by atoms with Gasteiger partial charge in [0.1, 0.15) is 5.75 Å². The van der Waals surface area contributed by atoms with Crippen LogP contribution in [0.1, 0.15) is 11.3 Å². The van der Waals surface area contributed by atoms with E-state index in [0.717, 1.165) is 11.3 Å². The predicted octanol–water partition coefficient (Wildman–Crippen LogP) is 2.29. The molecule has 0 spiro atoms. The Morgan fingerprint density at radius 3 is 2.84 bits per heavy atom. The van der Waals surface area contributed by atoms with Crippen LogP contribution in [0.4, 0.5) is 5.69 Å². The molecule has 0 aliphatic heterocycles. The average molecular weight is 276 g/mol. The van der Waals surface area contributed by atoms with Crippen LogP contribution >= 0.6 is 0 Å². The number of aryl methyl sites for hydroxylation is 1. The minimum atomic E-state index is -1.21. The number of anilines is 1. The Hall–Kier alpha value is -1.88. The number of methoxy groups -OCH3 is 1. The van der Waals surface area contributed by atoms with Gasteiger partial charge in [0.15, 0.2) is 0 Å². The van der Waals surface area contributed by atoms with Crippen LogP contribution in [0, 0.1) is 6.92 Å². The minimum absolute atomic E-state index is 0.368. The summed E-state index contributed by atoms with van der Waals surface area (Å²) in [5, 5.41) is 0. The smallest absolute Gasteiger partial charge is 0.137 e. The number of hydrogen-bond acceptors (Lipinski definition) is 4. The highest BCUT2D eigenvalue weighted by Gasteiger charge is 2.13. The molecule has 0 aliphatic carbocycles. The summed E-state index contributed by atoms with van der Waals surface area (Å²) >= 11 is 0. The molecule has 100 valence electrons. The van der Waals surface area contributed by atoms with Gasteiger partial charge >= 0.3 is 0 Å². The van der Waals surface area contributed by atoms with Crippen LogP contribution in [-0.2, 0) is 16.6 Å². The Bertz CT molecular complexity index is 614. The van der Waals surface area contributed by atoms with E-state index in [1.165, 1.54) is 0 Å². The zero-order valence-corrected chi connectivity index (χ0v) is 11.7. The minimum Gasteiger partial charge on any atom is -0.495 e. The van der Waals surface area contributed by atoms with Crippen molar-refractivity contribution in [3.05, 3.63) is 47.8 Å². The molecule has 19 heavy (non-hydrogen) atoms. The van der Waals surface area contributed by atoms with Gasteiger partial charge in [0.25, 0.3) is 0 Å². The summed E-state index contributed by atoms with van der Waals surface area (Å²) < 4.78 is 17.6. The van der Waals surface area contributed by atoms with E-state index in [1.54, 1.807) is 31.5 Å². The van der Waals surface area contributed by atoms with Gasteiger partial charge in [-0.15, -0.1) is 0 Å². The maximum absolute atomic E-state index is 12.4. The lowest BCUT2D eigenvalue weighted by molar-refractivity contribution is 0.404. The number of nitrogens with two attached hydrogens (primary N) is 1. The van der Waals surface area contributed by atoms with E-state index in [9.17, 15) is 4.21 Å². The number of hydrogen-bond donors (Lipinski definition) is 1. The van der Waals surface area contributed by atoms with Crippen molar-refractivity contribution in [1.82, 2.24) is 4.98 Å². The summed E-state index contributed by atoms with van der Waals surface area (Å²) in [6, 6.07) is 8.97. The van der Waals surface area contributed by atoms with Gasteiger partial charge < -0.3 is 10.5 Å². The van der Waals surface area contributed by atoms with Crippen LogP contribution in [-0.4, -0.2) is 16.3 Å². The maximum Gasteiger partial charge on any atom is 0.137 e. The molecule has 1 heterocycles. The SMILES string of the molecule is COc1cc(N)ccc1S(=O)Cc1ncccc1C. The van der Waals surface area contributed by atoms with E-state index in [-0.39, 0.29) is 0 Å². The van der Waals surface area contributed by atoms with Crippen molar-refractivity contribution in [3.63, 3.8) is 0 Å². The normalized spacial score (nSPS) is 12.1. The molecule has 5 heteroatoms. The topological polar surface area (TPSA) is 65.2 Å². The van der Waals surface area contributed by atoms with E-state index >= 15 is 0 Å². The van der Waals surface area contributed by atoms with Crippen molar-refractivity contribution in [2.24, 2.45) is 0 Å². The van der Waals surface area contributed by atoms with Crippen molar-refractivity contribution >= 4 is 16.5 Å². The first-order valence-electron chi connectivity index (χ1n) is 5.84. The molecule has 0 saturated carbocycles. The Labute approximate surface area is 115 Å². The first-order valence-corrected chi connectivity index (χ1v) is 7.16. The fourth-order valence-electron chi connectivity index (χ4n) is 1.74. The third-order valence-corrected chi connectivity index (χ3v) is 4.18. The average Bonchev–Trinajstić information content (AvgIpc) is 2.41. The van der Waals surface area contributed by atoms with Crippen LogP contribution in [0.5, 0.6) is 5.75 Å². The van der Waals surface area contributed by atoms with Crippen LogP contribution in [0.2, 0.25) is 0 Å². The van der Waals surface area contributed by atoms with Gasteiger partial charge in [0.2, 0.25) is 0 Å². The molecule has 1 aromatic carbocycles. The highest BCUT2D eigenvalue weighted by atomic mass is 32.2. The van der Waals surface area contributed by atoms with Crippen LogP contribution in [0.25, 0.3) is 0 Å². The summed E-state index contributed by atoms with van der Waals surface area (Å²) in [5.74, 6) is 0.916. The Kier molecular flexibility index (Phi) is 4.16. The van der Waals surface area contributed by atoms with Gasteiger partial charge in [-0.3, -0.25) is 9.19 Å². The lowest BCUT2D eigenvalue weighted by Crippen LogP contribution is -2.03. The summed E-state index contributed by atoms with van der Waals surface area (Å²) in [5.41, 5.74) is 8.14. The number of pyridine rings is 1. The van der Waals surface area contributed by atoms with Crippen LogP contribution in [0.3, 0.4) is 0 Å². The molecule has 0 fully saturated rings. The third kappa shape index (κ3) is 3.12. The molecule has 0 saturated heterocycles. The lowest BCUT2D eigenvalue weighted by atomic mass is 10.2. The molecular formula is C14H16N2O2S. The van der Waals surface area contributed by atoms with E-state index in [4.69, 9.17) is 10.5 Å². The largest absolute Gasteiger partial charge is 0.495 e. The highest BCUT2D eigenvalue weighted by molar-refractivity contribution is 7.84. The molecule has 1 unspecified atom stereocenters. The number of rotatable bonds is 4. The van der Waals surface area contributed by atoms with Crippen LogP contribution in [0.15, 0.2) is 41.4 Å². The molecule has 0 radical (unpaired) electrons. The van der Waals surface area contributed by atoms with Gasteiger partial charge in [-0.2, -0.15) is 0 Å². The molecular weight excluding hydrogens is 260 g/mol. The summed E-state index contributed by atoms with van der Waals surface area (Å²) in [6.07, 6.45) is 1.71. The highest BCUT2D eigenvalue weighted by Crippen LogP contribution is 2.26. The molecule has 4 nitrogen and oxygen atoms in total. The maximum atomic E-state index is 12.4. The summed E-state index contributed by atoms with van der Waals surface area (Å²) in [4.78, 5) is 4.90. The first kappa shape index (κ1) is 13.5.